The van der Waals surface area contributed by atoms with Crippen LogP contribution in [0.25, 0.3) is 0 Å². The summed E-state index contributed by atoms with van der Waals surface area (Å²) in [5.41, 5.74) is 0. The number of rotatable bonds is 3. The topological polar surface area (TPSA) is 83.5 Å². The normalized spacial score (nSPS) is 25.2. The lowest BCUT2D eigenvalue weighted by Crippen LogP contribution is -2.39. The van der Waals surface area contributed by atoms with Gasteiger partial charge in [-0.25, -0.2) is 8.42 Å². The maximum absolute atomic E-state index is 12.0. The van der Waals surface area contributed by atoms with Crippen LogP contribution in [0.2, 0.25) is 0 Å². The predicted molar refractivity (Wildman–Crippen MR) is 59.9 cm³/mol. The molecule has 0 unspecified atom stereocenters. The smallest absolute Gasteiger partial charge is 0.315 e. The van der Waals surface area contributed by atoms with Crippen molar-refractivity contribution in [3.63, 3.8) is 0 Å². The highest BCUT2D eigenvalue weighted by Gasteiger charge is 2.47. The molecule has 16 heavy (non-hydrogen) atoms. The van der Waals surface area contributed by atoms with Crippen molar-refractivity contribution >= 4 is 17.9 Å². The van der Waals surface area contributed by atoms with Crippen molar-refractivity contribution < 1.29 is 16.8 Å². The van der Waals surface area contributed by atoms with Crippen LogP contribution < -0.4 is 5.32 Å². The first-order valence-electron chi connectivity index (χ1n) is 5.41. The SMILES string of the molecule is O=S(=O)(C1CC1)S(=O)(=O)N1CCCNCC1. The van der Waals surface area contributed by atoms with E-state index in [2.05, 4.69) is 5.32 Å². The molecule has 0 aromatic rings. The van der Waals surface area contributed by atoms with Gasteiger partial charge in [0.1, 0.15) is 0 Å². The number of hydrogen-bond acceptors (Lipinski definition) is 5. The standard InChI is InChI=1S/C8H16N2O4S2/c11-15(12,8-2-3-8)16(13,14)10-6-1-4-9-5-7-10/h8-9H,1-7H2. The summed E-state index contributed by atoms with van der Waals surface area (Å²) in [5, 5.41) is 2.39. The Bertz CT molecular complexity index is 444. The van der Waals surface area contributed by atoms with Crippen molar-refractivity contribution in [2.75, 3.05) is 26.2 Å². The Hall–Kier alpha value is -0.180. The Morgan fingerprint density at radius 2 is 1.69 bits per heavy atom. The van der Waals surface area contributed by atoms with Crippen molar-refractivity contribution in [3.05, 3.63) is 0 Å². The quantitative estimate of drug-likeness (QED) is 0.671. The Morgan fingerprint density at radius 1 is 1.00 bits per heavy atom. The van der Waals surface area contributed by atoms with Gasteiger partial charge in [0.25, 0.3) is 8.87 Å². The van der Waals surface area contributed by atoms with E-state index in [1.807, 2.05) is 0 Å². The van der Waals surface area contributed by atoms with Crippen LogP contribution in [-0.2, 0) is 17.9 Å². The van der Waals surface area contributed by atoms with Crippen LogP contribution in [-0.4, -0.2) is 52.6 Å². The van der Waals surface area contributed by atoms with Crippen LogP contribution in [0.4, 0.5) is 0 Å². The summed E-state index contributed by atoms with van der Waals surface area (Å²) in [6, 6.07) is 0. The van der Waals surface area contributed by atoms with Gasteiger partial charge in [-0.2, -0.15) is 12.7 Å². The summed E-state index contributed by atoms with van der Waals surface area (Å²) < 4.78 is 48.6. The fraction of sp³-hybridized carbons (Fsp3) is 1.00. The molecule has 1 heterocycles. The van der Waals surface area contributed by atoms with Gasteiger partial charge >= 0.3 is 9.06 Å². The van der Waals surface area contributed by atoms with Crippen LogP contribution >= 0.6 is 0 Å². The number of nitrogens with zero attached hydrogens (tertiary/aromatic N) is 1. The molecule has 1 saturated carbocycles. The molecule has 0 spiro atoms. The van der Waals surface area contributed by atoms with Crippen LogP contribution in [0.3, 0.4) is 0 Å². The van der Waals surface area contributed by atoms with E-state index < -0.39 is 23.2 Å². The Kier molecular flexibility index (Phi) is 3.26. The molecule has 8 heteroatoms. The summed E-state index contributed by atoms with van der Waals surface area (Å²) >= 11 is 0. The molecule has 6 nitrogen and oxygen atoms in total. The summed E-state index contributed by atoms with van der Waals surface area (Å²) in [6.45, 7) is 1.78. The maximum atomic E-state index is 12.0. The predicted octanol–water partition coefficient (Wildman–Crippen LogP) is -0.896. The molecular formula is C8H16N2O4S2. The molecule has 2 aliphatic rings. The minimum atomic E-state index is -4.16. The zero-order valence-electron chi connectivity index (χ0n) is 8.92. The lowest BCUT2D eigenvalue weighted by Gasteiger charge is -2.18. The summed E-state index contributed by atoms with van der Waals surface area (Å²) in [5.74, 6) is 0. The average molecular weight is 268 g/mol. The molecule has 1 N–H and O–H groups in total. The highest BCUT2D eigenvalue weighted by molar-refractivity contribution is 8.66. The summed E-state index contributed by atoms with van der Waals surface area (Å²) in [7, 11) is -8.17. The van der Waals surface area contributed by atoms with Crippen LogP contribution in [0, 0.1) is 0 Å². The highest BCUT2D eigenvalue weighted by Crippen LogP contribution is 2.33. The zero-order chi connectivity index (χ0) is 11.8. The molecule has 1 saturated heterocycles. The zero-order valence-corrected chi connectivity index (χ0v) is 10.6. The molecule has 1 aliphatic heterocycles. The van der Waals surface area contributed by atoms with Crippen LogP contribution in [0.1, 0.15) is 19.3 Å². The van der Waals surface area contributed by atoms with Gasteiger partial charge in [0.2, 0.25) is 0 Å². The highest BCUT2D eigenvalue weighted by atomic mass is 33.2. The minimum absolute atomic E-state index is 0.244. The van der Waals surface area contributed by atoms with Gasteiger partial charge in [-0.15, -0.1) is 0 Å². The van der Waals surface area contributed by atoms with Crippen molar-refractivity contribution in [1.82, 2.24) is 9.62 Å². The molecular weight excluding hydrogens is 252 g/mol. The van der Waals surface area contributed by atoms with E-state index in [9.17, 15) is 16.8 Å². The summed E-state index contributed by atoms with van der Waals surface area (Å²) in [4.78, 5) is 0. The largest absolute Gasteiger partial charge is 0.320 e. The van der Waals surface area contributed by atoms with Crippen molar-refractivity contribution in [1.29, 1.82) is 0 Å². The van der Waals surface area contributed by atoms with E-state index in [0.717, 1.165) is 10.8 Å². The minimum Gasteiger partial charge on any atom is -0.315 e. The van der Waals surface area contributed by atoms with Gasteiger partial charge in [0.05, 0.1) is 5.25 Å². The van der Waals surface area contributed by atoms with E-state index in [1.54, 1.807) is 0 Å². The second-order valence-corrected chi connectivity index (χ2v) is 9.83. The van der Waals surface area contributed by atoms with Gasteiger partial charge < -0.3 is 5.32 Å². The van der Waals surface area contributed by atoms with Gasteiger partial charge in [0, 0.05) is 19.6 Å². The van der Waals surface area contributed by atoms with Crippen molar-refractivity contribution in [2.45, 2.75) is 24.5 Å². The fourth-order valence-corrected chi connectivity index (χ4v) is 6.68. The molecule has 2 rings (SSSR count). The molecule has 1 aliphatic carbocycles. The van der Waals surface area contributed by atoms with E-state index >= 15 is 0 Å². The summed E-state index contributed by atoms with van der Waals surface area (Å²) in [6.07, 6.45) is 1.61. The van der Waals surface area contributed by atoms with Crippen molar-refractivity contribution in [3.8, 4) is 0 Å². The fourth-order valence-electron chi connectivity index (χ4n) is 1.72. The van der Waals surface area contributed by atoms with Gasteiger partial charge in [-0.1, -0.05) is 0 Å². The van der Waals surface area contributed by atoms with Gasteiger partial charge in [-0.3, -0.25) is 0 Å². The Morgan fingerprint density at radius 3 is 2.31 bits per heavy atom. The average Bonchev–Trinajstić information content (AvgIpc) is 3.05. The van der Waals surface area contributed by atoms with E-state index in [1.165, 1.54) is 0 Å². The first-order chi connectivity index (χ1) is 7.46. The number of nitrogens with one attached hydrogen (secondary N) is 1. The second-order valence-electron chi connectivity index (χ2n) is 4.15. The third-order valence-electron chi connectivity index (χ3n) is 2.84. The van der Waals surface area contributed by atoms with Gasteiger partial charge in [-0.05, 0) is 25.8 Å². The Labute approximate surface area is 95.4 Å². The van der Waals surface area contributed by atoms with E-state index in [4.69, 9.17) is 0 Å². The maximum Gasteiger partial charge on any atom is 0.320 e. The molecule has 0 atom stereocenters. The molecule has 0 bridgehead atoms. The second kappa shape index (κ2) is 4.25. The molecule has 0 radical (unpaired) electrons. The van der Waals surface area contributed by atoms with Gasteiger partial charge in [0.15, 0.2) is 0 Å². The first kappa shape index (κ1) is 12.3. The lowest BCUT2D eigenvalue weighted by molar-refractivity contribution is 0.440. The van der Waals surface area contributed by atoms with Crippen LogP contribution in [0.15, 0.2) is 0 Å². The third kappa shape index (κ3) is 2.11. The van der Waals surface area contributed by atoms with Crippen molar-refractivity contribution in [2.24, 2.45) is 0 Å². The molecule has 0 amide bonds. The molecule has 0 aromatic carbocycles. The Balaban J connectivity index is 2.23. The van der Waals surface area contributed by atoms with E-state index in [-0.39, 0.29) is 6.54 Å². The lowest BCUT2D eigenvalue weighted by atomic mass is 10.4. The first-order valence-corrected chi connectivity index (χ1v) is 8.91. The van der Waals surface area contributed by atoms with Crippen LogP contribution in [0.5, 0.6) is 0 Å². The third-order valence-corrected chi connectivity index (χ3v) is 8.92. The van der Waals surface area contributed by atoms with E-state index in [0.29, 0.717) is 32.4 Å². The monoisotopic (exact) mass is 268 g/mol. The number of hydrogen-bond donors (Lipinski definition) is 1. The molecule has 2 fully saturated rings. The molecule has 94 valence electrons. The molecule has 0 aromatic heterocycles.